The smallest absolute Gasteiger partial charge is 0.315 e. The molecule has 0 saturated carbocycles. The summed E-state index contributed by atoms with van der Waals surface area (Å²) >= 11 is 7.50. The monoisotopic (exact) mass is 531 g/mol. The topological polar surface area (TPSA) is 95.0 Å². The summed E-state index contributed by atoms with van der Waals surface area (Å²) in [5.74, 6) is 0.166. The van der Waals surface area contributed by atoms with Crippen molar-refractivity contribution in [2.24, 2.45) is 0 Å². The maximum atomic E-state index is 13.1. The summed E-state index contributed by atoms with van der Waals surface area (Å²) in [4.78, 5) is 31.2. The number of aromatic nitrogens is 4. The number of aryl methyl sites for hydroxylation is 2. The van der Waals surface area contributed by atoms with Gasteiger partial charge >= 0.3 is 5.91 Å². The molecule has 5 aromatic heterocycles. The van der Waals surface area contributed by atoms with Crippen molar-refractivity contribution in [3.05, 3.63) is 116 Å². The van der Waals surface area contributed by atoms with Crippen LogP contribution in [-0.4, -0.2) is 25.2 Å². The van der Waals surface area contributed by atoms with Gasteiger partial charge in [-0.05, 0) is 53.9 Å². The average molecular weight is 532 g/mol. The van der Waals surface area contributed by atoms with Gasteiger partial charge in [0.25, 0.3) is 5.56 Å². The fraction of sp³-hybridized carbons (Fsp3) is 0.111. The Labute approximate surface area is 221 Å². The maximum Gasteiger partial charge on any atom is 0.315 e. The number of rotatable bonds is 9. The van der Waals surface area contributed by atoms with Crippen molar-refractivity contribution < 1.29 is 9.21 Å². The minimum Gasteiger partial charge on any atom is -0.459 e. The molecule has 5 heterocycles. The minimum atomic E-state index is -0.436. The molecule has 5 rings (SSSR count). The van der Waals surface area contributed by atoms with Crippen LogP contribution in [0.1, 0.15) is 26.6 Å². The Kier molecular flexibility index (Phi) is 7.16. The van der Waals surface area contributed by atoms with E-state index >= 15 is 0 Å². The highest BCUT2D eigenvalue weighted by molar-refractivity contribution is 7.16. The number of pyridine rings is 2. The van der Waals surface area contributed by atoms with E-state index < -0.39 is 5.91 Å². The first-order chi connectivity index (χ1) is 18.0. The molecular weight excluding hydrogens is 510 g/mol. The third kappa shape index (κ3) is 5.47. The Bertz CT molecular complexity index is 1600. The Morgan fingerprint density at radius 3 is 2.73 bits per heavy atom. The molecule has 0 fully saturated rings. The van der Waals surface area contributed by atoms with Gasteiger partial charge < -0.3 is 14.3 Å². The molecule has 0 aliphatic rings. The predicted molar refractivity (Wildman–Crippen MR) is 145 cm³/mol. The maximum absolute atomic E-state index is 13.1. The lowest BCUT2D eigenvalue weighted by molar-refractivity contribution is 0.0920. The number of carbonyl (C=O) groups excluding carboxylic acids is 1. The van der Waals surface area contributed by atoms with Gasteiger partial charge in [-0.1, -0.05) is 24.3 Å². The van der Waals surface area contributed by atoms with Crippen molar-refractivity contribution in [2.75, 3.05) is 5.32 Å². The molecule has 0 aliphatic carbocycles. The zero-order chi connectivity index (χ0) is 25.8. The Morgan fingerprint density at radius 2 is 2.03 bits per heavy atom. The second-order valence-corrected chi connectivity index (χ2v) is 9.95. The van der Waals surface area contributed by atoms with Gasteiger partial charge in [-0.15, -0.1) is 11.3 Å². The van der Waals surface area contributed by atoms with E-state index in [1.54, 1.807) is 47.4 Å². The average Bonchev–Trinajstić information content (AvgIpc) is 3.68. The van der Waals surface area contributed by atoms with E-state index in [0.717, 1.165) is 16.0 Å². The summed E-state index contributed by atoms with van der Waals surface area (Å²) in [7, 11) is 0. The van der Waals surface area contributed by atoms with Crippen molar-refractivity contribution in [3.63, 3.8) is 0 Å². The van der Waals surface area contributed by atoms with Gasteiger partial charge in [0.15, 0.2) is 5.76 Å². The molecule has 1 N–H and O–H groups in total. The molecule has 186 valence electrons. The molecule has 10 heteroatoms. The van der Waals surface area contributed by atoms with E-state index in [1.165, 1.54) is 28.3 Å². The standard InChI is InChI=1S/C27H22ClN5O3S/c1-2-19-17-32(12-9-18-7-10-29-11-8-18)26(34)14-21(19)22-15-25(30-16-20-5-6-24(28)37-20)33(31-22)27(35)23-4-3-13-36-23/h2-8,10-11,13-15,17,30H,1,9,12,16H2. The number of furan rings is 1. The van der Waals surface area contributed by atoms with E-state index in [-0.39, 0.29) is 11.3 Å². The number of anilines is 1. The van der Waals surface area contributed by atoms with Crippen LogP contribution in [0.2, 0.25) is 4.34 Å². The van der Waals surface area contributed by atoms with Crippen LogP contribution in [0.3, 0.4) is 0 Å². The molecule has 5 aromatic rings. The van der Waals surface area contributed by atoms with Crippen molar-refractivity contribution in [1.82, 2.24) is 19.3 Å². The summed E-state index contributed by atoms with van der Waals surface area (Å²) in [5.41, 5.74) is 2.67. The second kappa shape index (κ2) is 10.8. The van der Waals surface area contributed by atoms with E-state index in [9.17, 15) is 9.59 Å². The normalized spacial score (nSPS) is 10.9. The lowest BCUT2D eigenvalue weighted by atomic mass is 10.1. The van der Waals surface area contributed by atoms with Crippen LogP contribution in [0, 0.1) is 0 Å². The molecule has 0 radical (unpaired) electrons. The fourth-order valence-corrected chi connectivity index (χ4v) is 4.90. The van der Waals surface area contributed by atoms with Gasteiger partial charge in [-0.3, -0.25) is 14.6 Å². The molecule has 8 nitrogen and oxygen atoms in total. The largest absolute Gasteiger partial charge is 0.459 e. The Hall–Kier alpha value is -4.21. The summed E-state index contributed by atoms with van der Waals surface area (Å²) in [6, 6.07) is 14.1. The number of nitrogens with zero attached hydrogens (tertiary/aromatic N) is 4. The van der Waals surface area contributed by atoms with Gasteiger partial charge in [0, 0.05) is 47.7 Å². The predicted octanol–water partition coefficient (Wildman–Crippen LogP) is 5.60. The summed E-state index contributed by atoms with van der Waals surface area (Å²) in [5, 5.41) is 7.80. The van der Waals surface area contributed by atoms with Crippen molar-refractivity contribution >= 4 is 40.7 Å². The second-order valence-electron chi connectivity index (χ2n) is 8.15. The zero-order valence-electron chi connectivity index (χ0n) is 19.6. The highest BCUT2D eigenvalue weighted by atomic mass is 35.5. The van der Waals surface area contributed by atoms with E-state index in [0.29, 0.717) is 40.9 Å². The minimum absolute atomic E-state index is 0.146. The number of carbonyl (C=O) groups is 1. The SMILES string of the molecule is C=Cc1cn(CCc2ccncc2)c(=O)cc1-c1cc(NCc2ccc(Cl)s2)n(C(=O)c2ccco2)n1. The number of thiophene rings is 1. The van der Waals surface area contributed by atoms with Gasteiger partial charge in [0.05, 0.1) is 22.8 Å². The molecule has 0 saturated heterocycles. The van der Waals surface area contributed by atoms with E-state index in [4.69, 9.17) is 16.0 Å². The first kappa shape index (κ1) is 24.5. The summed E-state index contributed by atoms with van der Waals surface area (Å²) in [6.45, 7) is 4.87. The molecule has 0 aromatic carbocycles. The van der Waals surface area contributed by atoms with Crippen LogP contribution in [0.4, 0.5) is 5.82 Å². The van der Waals surface area contributed by atoms with Gasteiger partial charge in [0.1, 0.15) is 5.82 Å². The zero-order valence-corrected chi connectivity index (χ0v) is 21.2. The van der Waals surface area contributed by atoms with Crippen molar-refractivity contribution in [3.8, 4) is 11.3 Å². The van der Waals surface area contributed by atoms with Gasteiger partial charge in [-0.25, -0.2) is 0 Å². The van der Waals surface area contributed by atoms with Gasteiger partial charge in [0.2, 0.25) is 0 Å². The van der Waals surface area contributed by atoms with Crippen LogP contribution >= 0.6 is 22.9 Å². The molecule has 0 atom stereocenters. The summed E-state index contributed by atoms with van der Waals surface area (Å²) < 4.78 is 8.87. The highest BCUT2D eigenvalue weighted by Gasteiger charge is 2.21. The third-order valence-electron chi connectivity index (χ3n) is 5.75. The summed E-state index contributed by atoms with van der Waals surface area (Å²) in [6.07, 6.45) is 9.02. The molecule has 37 heavy (non-hydrogen) atoms. The molecular formula is C27H22ClN5O3S. The Balaban J connectivity index is 1.48. The van der Waals surface area contributed by atoms with Crippen LogP contribution in [0.5, 0.6) is 0 Å². The van der Waals surface area contributed by atoms with Crippen LogP contribution < -0.4 is 10.9 Å². The fourth-order valence-electron chi connectivity index (χ4n) is 3.87. The third-order valence-corrected chi connectivity index (χ3v) is 6.98. The molecule has 0 spiro atoms. The van der Waals surface area contributed by atoms with Gasteiger partial charge in [-0.2, -0.15) is 9.78 Å². The molecule has 0 unspecified atom stereocenters. The Morgan fingerprint density at radius 1 is 1.19 bits per heavy atom. The quantitative estimate of drug-likeness (QED) is 0.266. The van der Waals surface area contributed by atoms with Crippen LogP contribution in [0.15, 0.2) is 89.2 Å². The highest BCUT2D eigenvalue weighted by Crippen LogP contribution is 2.27. The molecule has 0 bridgehead atoms. The molecule has 0 amide bonds. The number of hydrogen-bond acceptors (Lipinski definition) is 7. The number of hydrogen-bond donors (Lipinski definition) is 1. The van der Waals surface area contributed by atoms with Crippen LogP contribution in [0.25, 0.3) is 17.3 Å². The lowest BCUT2D eigenvalue weighted by Crippen LogP contribution is -2.21. The van der Waals surface area contributed by atoms with Crippen LogP contribution in [-0.2, 0) is 19.5 Å². The van der Waals surface area contributed by atoms with Crippen molar-refractivity contribution in [2.45, 2.75) is 19.5 Å². The van der Waals surface area contributed by atoms with Crippen molar-refractivity contribution in [1.29, 1.82) is 0 Å². The molecule has 0 aliphatic heterocycles. The first-order valence-corrected chi connectivity index (χ1v) is 12.6. The number of halogens is 1. The number of nitrogens with one attached hydrogen (secondary N) is 1. The van der Waals surface area contributed by atoms with E-state index in [2.05, 4.69) is 22.0 Å². The lowest BCUT2D eigenvalue weighted by Gasteiger charge is -2.10. The van der Waals surface area contributed by atoms with E-state index in [1.807, 2.05) is 24.3 Å². The first-order valence-electron chi connectivity index (χ1n) is 11.4.